The zero-order valence-corrected chi connectivity index (χ0v) is 12.5. The summed E-state index contributed by atoms with van der Waals surface area (Å²) in [5.74, 6) is 0.0285. The van der Waals surface area contributed by atoms with Gasteiger partial charge in [-0.3, -0.25) is 14.3 Å². The average Bonchev–Trinajstić information content (AvgIpc) is 2.79. The summed E-state index contributed by atoms with van der Waals surface area (Å²) >= 11 is 0. The number of rotatable bonds is 4. The minimum Gasteiger partial charge on any atom is -0.342 e. The summed E-state index contributed by atoms with van der Waals surface area (Å²) < 4.78 is 1.79. The van der Waals surface area contributed by atoms with E-state index in [9.17, 15) is 9.59 Å². The minimum absolute atomic E-state index is 0.00858. The normalized spacial score (nSPS) is 23.4. The topological polar surface area (TPSA) is 67.2 Å². The van der Waals surface area contributed by atoms with Gasteiger partial charge in [0.25, 0.3) is 0 Å². The van der Waals surface area contributed by atoms with Crippen molar-refractivity contribution in [2.24, 2.45) is 13.0 Å². The Morgan fingerprint density at radius 2 is 2.10 bits per heavy atom. The molecule has 2 atom stereocenters. The van der Waals surface area contributed by atoms with Crippen molar-refractivity contribution in [3.8, 4) is 0 Å². The predicted octanol–water partition coefficient (Wildman–Crippen LogP) is 0.334. The van der Waals surface area contributed by atoms with Crippen molar-refractivity contribution >= 4 is 11.8 Å². The molecule has 2 heterocycles. The highest BCUT2D eigenvalue weighted by Crippen LogP contribution is 2.16. The lowest BCUT2D eigenvalue weighted by Gasteiger charge is -2.38. The van der Waals surface area contributed by atoms with E-state index in [0.29, 0.717) is 13.0 Å². The summed E-state index contributed by atoms with van der Waals surface area (Å²) in [6.45, 7) is 6.19. The van der Waals surface area contributed by atoms with E-state index in [4.69, 9.17) is 0 Å². The fourth-order valence-electron chi connectivity index (χ4n) is 2.48. The van der Waals surface area contributed by atoms with Crippen molar-refractivity contribution in [1.29, 1.82) is 0 Å². The van der Waals surface area contributed by atoms with Crippen LogP contribution >= 0.6 is 0 Å². The van der Waals surface area contributed by atoms with Crippen LogP contribution in [0.3, 0.4) is 0 Å². The van der Waals surface area contributed by atoms with E-state index < -0.39 is 12.1 Å². The van der Waals surface area contributed by atoms with Crippen LogP contribution in [-0.2, 0) is 23.1 Å². The Morgan fingerprint density at radius 3 is 2.65 bits per heavy atom. The lowest BCUT2D eigenvalue weighted by Crippen LogP contribution is -2.64. The maximum absolute atomic E-state index is 12.5. The van der Waals surface area contributed by atoms with E-state index >= 15 is 0 Å². The van der Waals surface area contributed by atoms with Crippen molar-refractivity contribution in [2.75, 3.05) is 6.54 Å². The minimum atomic E-state index is -0.412. The second-order valence-electron chi connectivity index (χ2n) is 5.63. The van der Waals surface area contributed by atoms with E-state index in [2.05, 4.69) is 10.4 Å². The molecule has 110 valence electrons. The third-order valence-electron chi connectivity index (χ3n) is 3.89. The van der Waals surface area contributed by atoms with Crippen LogP contribution in [-0.4, -0.2) is 45.1 Å². The second-order valence-corrected chi connectivity index (χ2v) is 5.63. The van der Waals surface area contributed by atoms with Crippen molar-refractivity contribution in [3.05, 3.63) is 18.0 Å². The highest BCUT2D eigenvalue weighted by atomic mass is 16.2. The van der Waals surface area contributed by atoms with Gasteiger partial charge in [-0.1, -0.05) is 13.8 Å². The zero-order valence-electron chi connectivity index (χ0n) is 12.5. The molecular weight excluding hydrogens is 256 g/mol. The molecule has 0 saturated carbocycles. The average molecular weight is 278 g/mol. The van der Waals surface area contributed by atoms with Gasteiger partial charge in [0.2, 0.25) is 11.8 Å². The van der Waals surface area contributed by atoms with E-state index in [-0.39, 0.29) is 17.7 Å². The second kappa shape index (κ2) is 5.64. The maximum Gasteiger partial charge on any atom is 0.246 e. The molecule has 0 aliphatic carbocycles. The summed E-state index contributed by atoms with van der Waals surface area (Å²) in [5.41, 5.74) is 1.05. The van der Waals surface area contributed by atoms with Gasteiger partial charge in [0.15, 0.2) is 0 Å². The molecule has 1 N–H and O–H groups in total. The predicted molar refractivity (Wildman–Crippen MR) is 74.9 cm³/mol. The van der Waals surface area contributed by atoms with Crippen LogP contribution in [0.15, 0.2) is 12.3 Å². The number of hydrogen-bond donors (Lipinski definition) is 1. The van der Waals surface area contributed by atoms with Crippen LogP contribution in [0.2, 0.25) is 0 Å². The standard InChI is InChI=1S/C14H22N4O2/c1-9(2)12-14(20)18(10(3)13(19)16-12)8-6-11-5-7-15-17(11)4/h5,7,9-10,12H,6,8H2,1-4H3,(H,16,19). The largest absolute Gasteiger partial charge is 0.342 e. The first kappa shape index (κ1) is 14.6. The van der Waals surface area contributed by atoms with Crippen LogP contribution in [0.25, 0.3) is 0 Å². The van der Waals surface area contributed by atoms with Gasteiger partial charge in [-0.15, -0.1) is 0 Å². The number of aryl methyl sites for hydroxylation is 1. The molecule has 1 saturated heterocycles. The summed E-state index contributed by atoms with van der Waals surface area (Å²) in [5, 5.41) is 6.91. The van der Waals surface area contributed by atoms with Gasteiger partial charge in [0.1, 0.15) is 12.1 Å². The van der Waals surface area contributed by atoms with Gasteiger partial charge in [0, 0.05) is 31.9 Å². The Kier molecular flexibility index (Phi) is 4.11. The quantitative estimate of drug-likeness (QED) is 0.863. The van der Waals surface area contributed by atoms with Gasteiger partial charge in [-0.25, -0.2) is 0 Å². The van der Waals surface area contributed by atoms with Crippen LogP contribution < -0.4 is 5.32 Å². The number of hydrogen-bond acceptors (Lipinski definition) is 3. The summed E-state index contributed by atoms with van der Waals surface area (Å²) in [6, 6.07) is 1.11. The van der Waals surface area contributed by atoms with Gasteiger partial charge in [-0.05, 0) is 18.9 Å². The smallest absolute Gasteiger partial charge is 0.246 e. The Labute approximate surface area is 119 Å². The first-order valence-electron chi connectivity index (χ1n) is 6.99. The molecule has 6 nitrogen and oxygen atoms in total. The molecule has 2 amide bonds. The molecular formula is C14H22N4O2. The lowest BCUT2D eigenvalue weighted by atomic mass is 9.98. The number of amides is 2. The fourth-order valence-corrected chi connectivity index (χ4v) is 2.48. The van der Waals surface area contributed by atoms with Crippen LogP contribution in [0.1, 0.15) is 26.5 Å². The molecule has 1 aliphatic heterocycles. The van der Waals surface area contributed by atoms with Crippen molar-refractivity contribution in [3.63, 3.8) is 0 Å². The molecule has 0 spiro atoms. The summed E-state index contributed by atoms with van der Waals surface area (Å²) in [4.78, 5) is 26.1. The van der Waals surface area contributed by atoms with Crippen molar-refractivity contribution in [1.82, 2.24) is 20.0 Å². The number of carbonyl (C=O) groups is 2. The number of nitrogens with one attached hydrogen (secondary N) is 1. The molecule has 20 heavy (non-hydrogen) atoms. The zero-order chi connectivity index (χ0) is 14.9. The molecule has 0 aromatic carbocycles. The Bertz CT molecular complexity index is 509. The Hall–Kier alpha value is -1.85. The van der Waals surface area contributed by atoms with Crippen molar-refractivity contribution < 1.29 is 9.59 Å². The molecule has 1 aliphatic rings. The molecule has 1 fully saturated rings. The highest BCUT2D eigenvalue weighted by molar-refractivity contribution is 5.96. The number of aromatic nitrogens is 2. The molecule has 1 aromatic heterocycles. The Balaban J connectivity index is 2.09. The van der Waals surface area contributed by atoms with Crippen LogP contribution in [0, 0.1) is 5.92 Å². The molecule has 2 rings (SSSR count). The van der Waals surface area contributed by atoms with Gasteiger partial charge in [-0.2, -0.15) is 5.10 Å². The number of nitrogens with zero attached hydrogens (tertiary/aromatic N) is 3. The van der Waals surface area contributed by atoms with Crippen LogP contribution in [0.5, 0.6) is 0 Å². The molecule has 6 heteroatoms. The van der Waals surface area contributed by atoms with Crippen molar-refractivity contribution in [2.45, 2.75) is 39.3 Å². The molecule has 2 unspecified atom stereocenters. The molecule has 0 bridgehead atoms. The van der Waals surface area contributed by atoms with Crippen LogP contribution in [0.4, 0.5) is 0 Å². The molecule has 1 aromatic rings. The first-order chi connectivity index (χ1) is 9.41. The van der Waals surface area contributed by atoms with E-state index in [1.807, 2.05) is 27.0 Å². The number of piperazine rings is 1. The van der Waals surface area contributed by atoms with Gasteiger partial charge < -0.3 is 10.2 Å². The van der Waals surface area contributed by atoms with Gasteiger partial charge >= 0.3 is 0 Å². The molecule has 0 radical (unpaired) electrons. The number of carbonyl (C=O) groups excluding carboxylic acids is 2. The van der Waals surface area contributed by atoms with E-state index in [1.54, 1.807) is 22.7 Å². The van der Waals surface area contributed by atoms with E-state index in [0.717, 1.165) is 5.69 Å². The monoisotopic (exact) mass is 278 g/mol. The summed E-state index contributed by atoms with van der Waals surface area (Å²) in [6.07, 6.45) is 2.44. The first-order valence-corrected chi connectivity index (χ1v) is 6.99. The highest BCUT2D eigenvalue weighted by Gasteiger charge is 2.39. The lowest BCUT2D eigenvalue weighted by molar-refractivity contribution is -0.149. The SMILES string of the molecule is CC(C)C1NC(=O)C(C)N(CCc2ccnn2C)C1=O. The fraction of sp³-hybridized carbons (Fsp3) is 0.643. The summed E-state index contributed by atoms with van der Waals surface area (Å²) in [7, 11) is 1.88. The van der Waals surface area contributed by atoms with E-state index in [1.165, 1.54) is 0 Å². The third-order valence-corrected chi connectivity index (χ3v) is 3.89. The maximum atomic E-state index is 12.5. The third kappa shape index (κ3) is 2.69. The Morgan fingerprint density at radius 1 is 1.40 bits per heavy atom. The van der Waals surface area contributed by atoms with Gasteiger partial charge in [0.05, 0.1) is 0 Å².